The zero-order valence-corrected chi connectivity index (χ0v) is 22.5. The summed E-state index contributed by atoms with van der Waals surface area (Å²) in [7, 11) is 0. The molecule has 1 aromatic rings. The Labute approximate surface area is 227 Å². The summed E-state index contributed by atoms with van der Waals surface area (Å²) in [4.78, 5) is 45.4. The second-order valence-electron chi connectivity index (χ2n) is 7.49. The van der Waals surface area contributed by atoms with Crippen LogP contribution in [0.4, 0.5) is 11.4 Å². The fourth-order valence-electron chi connectivity index (χ4n) is 3.27. The van der Waals surface area contributed by atoms with Gasteiger partial charge in [0.1, 0.15) is 0 Å². The number of halogens is 2. The summed E-state index contributed by atoms with van der Waals surface area (Å²) in [6, 6.07) is 1.59. The van der Waals surface area contributed by atoms with Crippen molar-refractivity contribution in [1.29, 1.82) is 0 Å². The minimum atomic E-state index is -2.58. The molecule has 0 fully saturated rings. The highest BCUT2D eigenvalue weighted by Gasteiger charge is 2.50. The van der Waals surface area contributed by atoms with E-state index in [-0.39, 0.29) is 32.0 Å². The molecule has 2 N–H and O–H groups in total. The fraction of sp³-hybridized carbons (Fsp3) is 0.545. The maximum Gasteiger partial charge on any atom is 0.339 e. The van der Waals surface area contributed by atoms with Gasteiger partial charge in [0, 0.05) is 18.5 Å². The number of anilines is 2. The summed E-state index contributed by atoms with van der Waals surface area (Å²) >= 11 is 12.7. The number of nitrogens with zero attached hydrogens (tertiary/aromatic N) is 2. The first-order valence-corrected chi connectivity index (χ1v) is 12.0. The van der Waals surface area contributed by atoms with Crippen molar-refractivity contribution in [3.05, 3.63) is 33.7 Å². The number of hydrogen-bond donors (Lipinski definition) is 2. The van der Waals surface area contributed by atoms with Crippen LogP contribution in [0, 0.1) is 10.4 Å². The lowest BCUT2D eigenvalue weighted by Crippen LogP contribution is -2.46. The van der Waals surface area contributed by atoms with E-state index < -0.39 is 73.9 Å². The first kappa shape index (κ1) is 33.1. The first-order valence-electron chi connectivity index (χ1n) is 11.3. The van der Waals surface area contributed by atoms with Gasteiger partial charge in [-0.15, -0.1) is 5.23 Å². The zero-order chi connectivity index (χ0) is 29.3. The summed E-state index contributed by atoms with van der Waals surface area (Å²) in [6.07, 6.45) is -1.68. The van der Waals surface area contributed by atoms with E-state index in [0.717, 1.165) is 6.07 Å². The Morgan fingerprint density at radius 3 is 1.29 bits per heavy atom. The summed E-state index contributed by atoms with van der Waals surface area (Å²) in [5, 5.41) is 41.7. The standard InChI is InChI=1S/C22H28Cl2N2O12/c1-5-35-17(27)21(23,18(28)36-6-2)11-13-9-14(16(26(33)34)10-15(13)25(31)32)12-22(24,19(29)37-7-3)20(30)38-8-4/h9-10,31-32H,5-8,11-12H2,1-4H3/q-2. The van der Waals surface area contributed by atoms with Crippen LogP contribution in [0.1, 0.15) is 38.8 Å². The number of carbonyl (C=O) groups is 4. The topological polar surface area (TPSA) is 198 Å². The van der Waals surface area contributed by atoms with Crippen LogP contribution in [-0.4, -0.2) is 70.5 Å². The predicted molar refractivity (Wildman–Crippen MR) is 133 cm³/mol. The number of carbonyl (C=O) groups excluding carboxylic acids is 4. The van der Waals surface area contributed by atoms with E-state index >= 15 is 0 Å². The molecule has 0 saturated heterocycles. The zero-order valence-electron chi connectivity index (χ0n) is 21.0. The highest BCUT2D eigenvalue weighted by atomic mass is 35.5. The fourth-order valence-corrected chi connectivity index (χ4v) is 3.78. The van der Waals surface area contributed by atoms with E-state index in [9.17, 15) is 40.0 Å². The van der Waals surface area contributed by atoms with Crippen LogP contribution in [0.2, 0.25) is 0 Å². The number of esters is 4. The minimum absolute atomic E-state index is 0.176. The number of ether oxygens (including phenoxy) is 4. The molecule has 1 rings (SSSR count). The molecule has 0 unspecified atom stereocenters. The van der Waals surface area contributed by atoms with E-state index in [4.69, 9.17) is 42.1 Å². The molecular weight excluding hydrogens is 555 g/mol. The summed E-state index contributed by atoms with van der Waals surface area (Å²) in [6.45, 7) is 5.06. The number of rotatable bonds is 14. The van der Waals surface area contributed by atoms with Crippen LogP contribution in [0.15, 0.2) is 12.1 Å². The van der Waals surface area contributed by atoms with Gasteiger partial charge < -0.3 is 34.6 Å². The van der Waals surface area contributed by atoms with Gasteiger partial charge in [0.05, 0.1) is 32.1 Å². The molecule has 14 nitrogen and oxygen atoms in total. The molecule has 0 saturated carbocycles. The van der Waals surface area contributed by atoms with Crippen LogP contribution in [0.5, 0.6) is 0 Å². The second-order valence-corrected chi connectivity index (χ2v) is 8.78. The lowest BCUT2D eigenvalue weighted by Gasteiger charge is -2.40. The van der Waals surface area contributed by atoms with Gasteiger partial charge in [0.25, 0.3) is 0 Å². The van der Waals surface area contributed by atoms with E-state index in [1.54, 1.807) is 0 Å². The van der Waals surface area contributed by atoms with Crippen LogP contribution >= 0.6 is 23.2 Å². The number of hydrogen-bond acceptors (Lipinski definition) is 14. The SMILES string of the molecule is CCOC(=O)C(Cl)(Cc1cc(CC(Cl)(C(=O)OCC)C(=O)OCC)c(N(O)O)cc1N([O-])[O-])C(=O)OCC. The average Bonchev–Trinajstić information content (AvgIpc) is 2.84. The van der Waals surface area contributed by atoms with Crippen molar-refractivity contribution in [3.63, 3.8) is 0 Å². The van der Waals surface area contributed by atoms with Crippen molar-refractivity contribution in [3.8, 4) is 0 Å². The van der Waals surface area contributed by atoms with Crippen molar-refractivity contribution in [2.75, 3.05) is 36.9 Å². The molecule has 1 aromatic carbocycles. The maximum absolute atomic E-state index is 12.6. The van der Waals surface area contributed by atoms with Crippen molar-refractivity contribution in [2.24, 2.45) is 0 Å². The normalized spacial score (nSPS) is 11.4. The van der Waals surface area contributed by atoms with Gasteiger partial charge >= 0.3 is 23.9 Å². The Kier molecular flexibility index (Phi) is 12.5. The molecule has 0 amide bonds. The van der Waals surface area contributed by atoms with Crippen molar-refractivity contribution in [2.45, 2.75) is 50.3 Å². The molecule has 0 aliphatic carbocycles. The van der Waals surface area contributed by atoms with Crippen LogP contribution < -0.4 is 10.5 Å². The molecule has 0 spiro atoms. The average molecular weight is 583 g/mol. The molecule has 0 radical (unpaired) electrons. The molecule has 214 valence electrons. The molecule has 0 aromatic heterocycles. The molecule has 38 heavy (non-hydrogen) atoms. The molecular formula is C22H28Cl2N2O12-2. The Balaban J connectivity index is 3.85. The van der Waals surface area contributed by atoms with E-state index in [0.29, 0.717) is 6.07 Å². The number of alkyl halides is 2. The molecule has 16 heteroatoms. The minimum Gasteiger partial charge on any atom is -0.769 e. The van der Waals surface area contributed by atoms with Crippen molar-refractivity contribution < 1.29 is 48.5 Å². The van der Waals surface area contributed by atoms with Gasteiger partial charge in [0.2, 0.25) is 9.75 Å². The third kappa shape index (κ3) is 7.58. The van der Waals surface area contributed by atoms with Crippen molar-refractivity contribution in [1.82, 2.24) is 0 Å². The van der Waals surface area contributed by atoms with Gasteiger partial charge in [0.15, 0.2) is 0 Å². The lowest BCUT2D eigenvalue weighted by atomic mass is 9.91. The van der Waals surface area contributed by atoms with E-state index in [1.165, 1.54) is 27.7 Å². The Bertz CT molecular complexity index is 907. The number of benzene rings is 1. The second kappa shape index (κ2) is 14.3. The quantitative estimate of drug-likeness (QED) is 0.106. The van der Waals surface area contributed by atoms with Gasteiger partial charge in [-0.2, -0.15) is 0 Å². The Morgan fingerprint density at radius 1 is 0.711 bits per heavy atom. The van der Waals surface area contributed by atoms with E-state index in [1.807, 2.05) is 0 Å². The van der Waals surface area contributed by atoms with Crippen LogP contribution in [0.3, 0.4) is 0 Å². The van der Waals surface area contributed by atoms with Gasteiger partial charge in [-0.25, -0.2) is 19.2 Å². The third-order valence-electron chi connectivity index (χ3n) is 4.96. The third-order valence-corrected chi connectivity index (χ3v) is 5.84. The van der Waals surface area contributed by atoms with Crippen molar-refractivity contribution >= 4 is 58.5 Å². The van der Waals surface area contributed by atoms with Gasteiger partial charge in [-0.3, -0.25) is 10.4 Å². The largest absolute Gasteiger partial charge is 0.769 e. The lowest BCUT2D eigenvalue weighted by molar-refractivity contribution is -0.160. The molecule has 0 heterocycles. The first-order chi connectivity index (χ1) is 17.7. The van der Waals surface area contributed by atoms with Gasteiger partial charge in [-0.05, 0) is 44.9 Å². The highest BCUT2D eigenvalue weighted by Crippen LogP contribution is 2.37. The molecule has 0 aliphatic heterocycles. The summed E-state index contributed by atoms with van der Waals surface area (Å²) in [5.74, 6) is -4.98. The Morgan fingerprint density at radius 2 is 1.03 bits per heavy atom. The smallest absolute Gasteiger partial charge is 0.339 e. The molecule has 0 bridgehead atoms. The predicted octanol–water partition coefficient (Wildman–Crippen LogP) is 2.37. The maximum atomic E-state index is 12.6. The summed E-state index contributed by atoms with van der Waals surface area (Å²) < 4.78 is 19.5. The van der Waals surface area contributed by atoms with E-state index in [2.05, 4.69) is 0 Å². The molecule has 0 aliphatic rings. The van der Waals surface area contributed by atoms with Crippen LogP contribution in [-0.2, 0) is 51.0 Å². The highest BCUT2D eigenvalue weighted by molar-refractivity contribution is 6.45. The van der Waals surface area contributed by atoms with Gasteiger partial charge in [-0.1, -0.05) is 29.3 Å². The Hall–Kier alpha value is -2.88. The monoisotopic (exact) mass is 582 g/mol. The summed E-state index contributed by atoms with van der Waals surface area (Å²) in [5.41, 5.74) is -2.17. The molecule has 0 atom stereocenters. The van der Waals surface area contributed by atoms with Crippen LogP contribution in [0.25, 0.3) is 0 Å².